The Hall–Kier alpha value is -1.47. The van der Waals surface area contributed by atoms with Crippen LogP contribution in [0.1, 0.15) is 12.8 Å². The molecule has 0 radical (unpaired) electrons. The van der Waals surface area contributed by atoms with Gasteiger partial charge in [0.2, 0.25) is 5.91 Å². The van der Waals surface area contributed by atoms with E-state index >= 15 is 0 Å². The van der Waals surface area contributed by atoms with Crippen molar-refractivity contribution in [2.24, 2.45) is 5.41 Å². The quantitative estimate of drug-likeness (QED) is 0.815. The van der Waals surface area contributed by atoms with E-state index in [-0.39, 0.29) is 5.91 Å². The number of hydrogen-bond acceptors (Lipinski definition) is 3. The standard InChI is InChI=1S/C12H12N2OS/c1-16-10-4-2-9(3-5-10)14-11(15)12(8-13)6-7-12/h2-5H,6-7H2,1H3,(H,14,15). The molecule has 1 aliphatic rings. The zero-order valence-corrected chi connectivity index (χ0v) is 9.80. The summed E-state index contributed by atoms with van der Waals surface area (Å²) in [6.45, 7) is 0. The molecule has 0 spiro atoms. The summed E-state index contributed by atoms with van der Waals surface area (Å²) in [7, 11) is 0. The maximum Gasteiger partial charge on any atom is 0.244 e. The van der Waals surface area contributed by atoms with Gasteiger partial charge in [-0.25, -0.2) is 0 Å². The van der Waals surface area contributed by atoms with Crippen molar-refractivity contribution >= 4 is 23.4 Å². The first-order valence-electron chi connectivity index (χ1n) is 5.07. The van der Waals surface area contributed by atoms with E-state index in [0.29, 0.717) is 12.8 Å². The molecule has 3 nitrogen and oxygen atoms in total. The van der Waals surface area contributed by atoms with E-state index in [1.54, 1.807) is 11.8 Å². The molecule has 1 fully saturated rings. The number of nitrogens with zero attached hydrogens (tertiary/aromatic N) is 1. The zero-order chi connectivity index (χ0) is 11.6. The number of rotatable bonds is 3. The van der Waals surface area contributed by atoms with Crippen LogP contribution in [0.2, 0.25) is 0 Å². The number of carbonyl (C=O) groups is 1. The maximum absolute atomic E-state index is 11.7. The van der Waals surface area contributed by atoms with E-state index in [1.807, 2.05) is 30.5 Å². The molecule has 0 aromatic heterocycles. The SMILES string of the molecule is CSc1ccc(NC(=O)C2(C#N)CC2)cc1. The van der Waals surface area contributed by atoms with Crippen molar-refractivity contribution in [3.63, 3.8) is 0 Å². The highest BCUT2D eigenvalue weighted by atomic mass is 32.2. The van der Waals surface area contributed by atoms with Crippen LogP contribution in [0.4, 0.5) is 5.69 Å². The minimum absolute atomic E-state index is 0.174. The van der Waals surface area contributed by atoms with Crippen molar-refractivity contribution in [1.29, 1.82) is 5.26 Å². The molecule has 0 heterocycles. The third-order valence-electron chi connectivity index (χ3n) is 2.75. The fourth-order valence-electron chi connectivity index (χ4n) is 1.44. The second-order valence-electron chi connectivity index (χ2n) is 3.88. The number of benzene rings is 1. The average molecular weight is 232 g/mol. The van der Waals surface area contributed by atoms with Gasteiger partial charge < -0.3 is 5.32 Å². The summed E-state index contributed by atoms with van der Waals surface area (Å²) in [5, 5.41) is 11.6. The molecule has 1 N–H and O–H groups in total. The van der Waals surface area contributed by atoms with E-state index in [9.17, 15) is 4.79 Å². The predicted molar refractivity (Wildman–Crippen MR) is 64.1 cm³/mol. The molecule has 82 valence electrons. The van der Waals surface area contributed by atoms with Crippen LogP contribution < -0.4 is 5.32 Å². The van der Waals surface area contributed by atoms with Gasteiger partial charge in [0.25, 0.3) is 0 Å². The van der Waals surface area contributed by atoms with Crippen molar-refractivity contribution in [2.75, 3.05) is 11.6 Å². The number of hydrogen-bond donors (Lipinski definition) is 1. The number of nitrogens with one attached hydrogen (secondary N) is 1. The Labute approximate surface area is 98.8 Å². The van der Waals surface area contributed by atoms with Crippen LogP contribution in [0.15, 0.2) is 29.2 Å². The summed E-state index contributed by atoms with van der Waals surface area (Å²) in [6, 6.07) is 9.70. The van der Waals surface area contributed by atoms with E-state index < -0.39 is 5.41 Å². The van der Waals surface area contributed by atoms with E-state index in [2.05, 4.69) is 11.4 Å². The van der Waals surface area contributed by atoms with Gasteiger partial charge in [0.05, 0.1) is 6.07 Å². The van der Waals surface area contributed by atoms with Gasteiger partial charge in [-0.15, -0.1) is 11.8 Å². The number of anilines is 1. The number of amides is 1. The van der Waals surface area contributed by atoms with Crippen molar-refractivity contribution in [2.45, 2.75) is 17.7 Å². The van der Waals surface area contributed by atoms with E-state index in [4.69, 9.17) is 5.26 Å². The molecular formula is C12H12N2OS. The molecule has 0 saturated heterocycles. The molecule has 0 atom stereocenters. The third kappa shape index (κ3) is 2.05. The Morgan fingerprint density at radius 1 is 1.44 bits per heavy atom. The van der Waals surface area contributed by atoms with Gasteiger partial charge in [-0.3, -0.25) is 4.79 Å². The van der Waals surface area contributed by atoms with Gasteiger partial charge in [-0.2, -0.15) is 5.26 Å². The number of carbonyl (C=O) groups excluding carboxylic acids is 1. The molecule has 1 amide bonds. The van der Waals surface area contributed by atoms with Gasteiger partial charge in [0.15, 0.2) is 0 Å². The zero-order valence-electron chi connectivity index (χ0n) is 8.99. The Morgan fingerprint density at radius 3 is 2.50 bits per heavy atom. The normalized spacial score (nSPS) is 16.2. The first kappa shape index (κ1) is 11.0. The van der Waals surface area contributed by atoms with Crippen LogP contribution in [0.3, 0.4) is 0 Å². The molecule has 16 heavy (non-hydrogen) atoms. The van der Waals surface area contributed by atoms with Crippen LogP contribution >= 0.6 is 11.8 Å². The Balaban J connectivity index is 2.04. The van der Waals surface area contributed by atoms with Crippen LogP contribution in [0, 0.1) is 16.7 Å². The van der Waals surface area contributed by atoms with E-state index in [1.165, 1.54) is 0 Å². The molecular weight excluding hydrogens is 220 g/mol. The smallest absolute Gasteiger partial charge is 0.244 e. The average Bonchev–Trinajstić information content (AvgIpc) is 3.11. The topological polar surface area (TPSA) is 52.9 Å². The van der Waals surface area contributed by atoms with E-state index in [0.717, 1.165) is 10.6 Å². The van der Waals surface area contributed by atoms with Crippen LogP contribution in [0.5, 0.6) is 0 Å². The highest BCUT2D eigenvalue weighted by Gasteiger charge is 2.50. The van der Waals surface area contributed by atoms with Crippen molar-refractivity contribution in [3.05, 3.63) is 24.3 Å². The third-order valence-corrected chi connectivity index (χ3v) is 3.49. The first-order valence-corrected chi connectivity index (χ1v) is 6.29. The Morgan fingerprint density at radius 2 is 2.06 bits per heavy atom. The van der Waals surface area contributed by atoms with Crippen LogP contribution in [-0.4, -0.2) is 12.2 Å². The lowest BCUT2D eigenvalue weighted by Gasteiger charge is -2.08. The lowest BCUT2D eigenvalue weighted by Crippen LogP contribution is -2.22. The summed E-state index contributed by atoms with van der Waals surface area (Å²) < 4.78 is 0. The van der Waals surface area contributed by atoms with Gasteiger partial charge in [-0.05, 0) is 43.4 Å². The number of thioether (sulfide) groups is 1. The lowest BCUT2D eigenvalue weighted by atomic mass is 10.1. The molecule has 2 rings (SSSR count). The minimum Gasteiger partial charge on any atom is -0.325 e. The van der Waals surface area contributed by atoms with Gasteiger partial charge in [-0.1, -0.05) is 0 Å². The van der Waals surface area contributed by atoms with Gasteiger partial charge in [0.1, 0.15) is 5.41 Å². The molecule has 0 bridgehead atoms. The second kappa shape index (κ2) is 4.18. The highest BCUT2D eigenvalue weighted by Crippen LogP contribution is 2.45. The predicted octanol–water partition coefficient (Wildman–Crippen LogP) is 2.65. The van der Waals surface area contributed by atoms with Crippen LogP contribution in [-0.2, 0) is 4.79 Å². The Kier molecular flexibility index (Phi) is 2.88. The van der Waals surface area contributed by atoms with Gasteiger partial charge in [0, 0.05) is 10.6 Å². The lowest BCUT2D eigenvalue weighted by molar-refractivity contribution is -0.119. The summed E-state index contributed by atoms with van der Waals surface area (Å²) >= 11 is 1.65. The highest BCUT2D eigenvalue weighted by molar-refractivity contribution is 7.98. The first-order chi connectivity index (χ1) is 7.70. The largest absolute Gasteiger partial charge is 0.325 e. The summed E-state index contributed by atoms with van der Waals surface area (Å²) in [5.41, 5.74) is 0.00220. The van der Waals surface area contributed by atoms with Gasteiger partial charge >= 0.3 is 0 Å². The number of nitriles is 1. The molecule has 0 unspecified atom stereocenters. The second-order valence-corrected chi connectivity index (χ2v) is 4.76. The Bertz CT molecular complexity index is 443. The molecule has 1 saturated carbocycles. The summed E-state index contributed by atoms with van der Waals surface area (Å²) in [6.07, 6.45) is 3.36. The van der Waals surface area contributed by atoms with Crippen molar-refractivity contribution < 1.29 is 4.79 Å². The monoisotopic (exact) mass is 232 g/mol. The molecule has 1 aliphatic carbocycles. The maximum atomic E-state index is 11.7. The molecule has 1 aromatic carbocycles. The fourth-order valence-corrected chi connectivity index (χ4v) is 1.85. The summed E-state index contributed by atoms with van der Waals surface area (Å²) in [4.78, 5) is 12.9. The fraction of sp³-hybridized carbons (Fsp3) is 0.333. The molecule has 1 aromatic rings. The minimum atomic E-state index is -0.752. The molecule has 4 heteroatoms. The molecule has 0 aliphatic heterocycles. The van der Waals surface area contributed by atoms with Crippen molar-refractivity contribution in [3.8, 4) is 6.07 Å². The van der Waals surface area contributed by atoms with Crippen molar-refractivity contribution in [1.82, 2.24) is 0 Å². The van der Waals surface area contributed by atoms with Crippen LogP contribution in [0.25, 0.3) is 0 Å². The summed E-state index contributed by atoms with van der Waals surface area (Å²) in [5.74, 6) is -0.174.